The number of aromatic amines is 2. The van der Waals surface area contributed by atoms with Crippen LogP contribution in [-0.4, -0.2) is 164 Å². The second-order valence-corrected chi connectivity index (χ2v) is 18.2. The molecule has 1 amide bonds. The van der Waals surface area contributed by atoms with Crippen molar-refractivity contribution in [2.75, 3.05) is 52.4 Å². The number of H-pyrrole nitrogens is 2. The molecule has 4 aromatic rings. The number of nitrogens with zero attached hydrogens (tertiary/aromatic N) is 13. The van der Waals surface area contributed by atoms with Crippen molar-refractivity contribution in [2.24, 2.45) is 14.1 Å². The Kier molecular flexibility index (Phi) is 17.5. The zero-order valence-corrected chi connectivity index (χ0v) is 35.6. The molecule has 0 spiro atoms. The molecule has 2 fully saturated rings. The van der Waals surface area contributed by atoms with Gasteiger partial charge in [-0.05, 0) is 25.8 Å². The van der Waals surface area contributed by atoms with Crippen LogP contribution in [0.3, 0.4) is 0 Å². The molecule has 2 aliphatic heterocycles. The van der Waals surface area contributed by atoms with Crippen molar-refractivity contribution >= 4 is 58.5 Å². The molecule has 290 valence electrons. The third kappa shape index (κ3) is 14.7. The summed E-state index contributed by atoms with van der Waals surface area (Å²) >= 11 is 4.54. The van der Waals surface area contributed by atoms with Gasteiger partial charge in [0.2, 0.25) is 15.1 Å². The van der Waals surface area contributed by atoms with Gasteiger partial charge in [-0.1, -0.05) is 10.4 Å². The van der Waals surface area contributed by atoms with Gasteiger partial charge < -0.3 is 27.6 Å². The molecule has 0 bridgehead atoms. The fourth-order valence-corrected chi connectivity index (χ4v) is 7.31. The minimum atomic E-state index is -3.69. The normalized spacial score (nSPS) is 15.7. The van der Waals surface area contributed by atoms with Crippen molar-refractivity contribution in [1.82, 2.24) is 79.6 Å². The van der Waals surface area contributed by atoms with Crippen molar-refractivity contribution in [2.45, 2.75) is 46.5 Å². The largest absolute Gasteiger partial charge is 1.00 e. The molecule has 0 saturated carbocycles. The predicted octanol–water partition coefficient (Wildman–Crippen LogP) is -5.09. The maximum Gasteiger partial charge on any atom is 1.00 e. The molecular weight excluding hydrogens is 815 g/mol. The number of aromatic nitrogens is 12. The van der Waals surface area contributed by atoms with Gasteiger partial charge in [-0.25, -0.2) is 30.0 Å². The summed E-state index contributed by atoms with van der Waals surface area (Å²) < 4.78 is 80.1. The van der Waals surface area contributed by atoms with Crippen LogP contribution in [-0.2, 0) is 60.6 Å². The van der Waals surface area contributed by atoms with E-state index in [1.807, 2.05) is 0 Å². The summed E-state index contributed by atoms with van der Waals surface area (Å²) in [5.41, 5.74) is -0.570. The predicted molar refractivity (Wildman–Crippen MR) is 182 cm³/mol. The Balaban J connectivity index is 0.000000269. The first kappa shape index (κ1) is 46.2. The molecule has 6 heterocycles. The van der Waals surface area contributed by atoms with Gasteiger partial charge in [0, 0.05) is 83.3 Å². The zero-order chi connectivity index (χ0) is 38.7. The number of carbonyl (C=O) groups is 1. The van der Waals surface area contributed by atoms with Crippen LogP contribution in [0.25, 0.3) is 0 Å². The van der Waals surface area contributed by atoms with E-state index in [9.17, 15) is 30.0 Å². The molecule has 6 rings (SSSR count). The van der Waals surface area contributed by atoms with E-state index in [1.54, 1.807) is 34.9 Å². The van der Waals surface area contributed by atoms with Crippen LogP contribution in [0.4, 0.5) is 4.79 Å². The van der Waals surface area contributed by atoms with E-state index in [1.165, 1.54) is 41.5 Å². The fourth-order valence-electron chi connectivity index (χ4n) is 3.97. The number of ether oxygens (including phenoxy) is 1. The monoisotopic (exact) mass is 852 g/mol. The van der Waals surface area contributed by atoms with Gasteiger partial charge in [-0.2, -0.15) is 34.3 Å². The van der Waals surface area contributed by atoms with Crippen LogP contribution < -0.4 is 34.9 Å². The number of sulfonamides is 2. The third-order valence-electron chi connectivity index (χ3n) is 6.37. The number of rotatable bonds is 5. The molecule has 2 aliphatic rings. The van der Waals surface area contributed by atoms with Crippen LogP contribution in [0.15, 0.2) is 44.9 Å². The third-order valence-corrected chi connectivity index (χ3v) is 11.3. The first-order valence-corrected chi connectivity index (χ1v) is 20.5. The average molecular weight is 853 g/mol. The van der Waals surface area contributed by atoms with Crippen LogP contribution >= 0.6 is 10.7 Å². The van der Waals surface area contributed by atoms with Gasteiger partial charge in [0.25, 0.3) is 29.1 Å². The van der Waals surface area contributed by atoms with Crippen molar-refractivity contribution in [3.8, 4) is 0 Å². The number of carbonyl (C=O) groups excluding carboxylic acids is 1. The minimum absolute atomic E-state index is 0. The Hall–Kier alpha value is -2.93. The molecule has 0 radical (unpaired) electrons. The van der Waals surface area contributed by atoms with Crippen molar-refractivity contribution in [1.29, 1.82) is 0 Å². The summed E-state index contributed by atoms with van der Waals surface area (Å²) in [7, 11) is -2.70. The number of hydrogen-bond acceptors (Lipinski definition) is 18. The molecule has 0 aromatic carbocycles. The molecular formula is C23H38ClN16NaO8S4. The Morgan fingerprint density at radius 2 is 1.25 bits per heavy atom. The second kappa shape index (κ2) is 20.1. The summed E-state index contributed by atoms with van der Waals surface area (Å²) in [6.07, 6.45) is 4.86. The van der Waals surface area contributed by atoms with E-state index in [4.69, 9.17) is 15.4 Å². The fraction of sp³-hybridized carbons (Fsp3) is 0.609. The van der Waals surface area contributed by atoms with Crippen LogP contribution in [0.5, 0.6) is 0 Å². The van der Waals surface area contributed by atoms with Crippen molar-refractivity contribution < 1.29 is 64.3 Å². The topological polar surface area (TPSA) is 295 Å². The van der Waals surface area contributed by atoms with Gasteiger partial charge in [-0.3, -0.25) is 9.36 Å². The van der Waals surface area contributed by atoms with E-state index in [0.29, 0.717) is 31.2 Å². The summed E-state index contributed by atoms with van der Waals surface area (Å²) in [5, 5.41) is 35.7. The second-order valence-electron chi connectivity index (χ2n) is 11.5. The van der Waals surface area contributed by atoms with Crippen molar-refractivity contribution in [3.63, 3.8) is 0 Å². The molecule has 53 heavy (non-hydrogen) atoms. The molecule has 4 aromatic heterocycles. The van der Waals surface area contributed by atoms with E-state index >= 15 is 0 Å². The standard InChI is InChI=1S/C12H21N5O4S.C7H13N5O2S.C2H2ClN3O2S.C2H3N3S.Na/c1-12(2,3)21-11(18)16-5-7-17(8-6-16)22(19,20)10-9-15(4)14-13-10;1-11-6-7(9-10-11)15(13,14)12-4-2-8-3-5-12;3-9(7,8)2-1-4-6-5-2;6-2-1-3-5-4-2;/h9H,5-8H2,1-4H3;6,8H,2-5H2,1H3;1H,(H,4,5,6);1H,(H2,3,4,5,6);/q;;;;+1/p-1. The number of amides is 1. The number of halogens is 1. The Labute approximate surface area is 337 Å². The van der Waals surface area contributed by atoms with Crippen LogP contribution in [0.2, 0.25) is 0 Å². The summed E-state index contributed by atoms with van der Waals surface area (Å²) in [5.74, 6) is 0. The van der Waals surface area contributed by atoms with E-state index in [-0.39, 0.29) is 70.8 Å². The molecule has 3 N–H and O–H groups in total. The van der Waals surface area contributed by atoms with Gasteiger partial charge in [-0.15, -0.1) is 15.3 Å². The molecule has 0 atom stereocenters. The van der Waals surface area contributed by atoms with E-state index in [0.717, 1.165) is 6.20 Å². The molecule has 0 unspecified atom stereocenters. The number of piperazine rings is 2. The minimum Gasteiger partial charge on any atom is -0.757 e. The SMILES string of the molecule is Cn1cc(S(=O)(=O)N2CCN(C(=O)OC(C)(C)C)CC2)nn1.Cn1cc(S(=O)(=O)N2CCNCC2)nn1.O=S(=O)(Cl)c1cn[nH]n1.[Na+].[S-]c1cn[nH]n1. The van der Waals surface area contributed by atoms with Crippen LogP contribution in [0.1, 0.15) is 20.8 Å². The Morgan fingerprint density at radius 3 is 1.57 bits per heavy atom. The average Bonchev–Trinajstić information content (AvgIpc) is 3.91. The smallest absolute Gasteiger partial charge is 0.757 e. The van der Waals surface area contributed by atoms with E-state index < -0.39 is 40.8 Å². The Bertz CT molecular complexity index is 2030. The number of nitrogens with one attached hydrogen (secondary N) is 3. The quantitative estimate of drug-likeness (QED) is 0.0961. The molecule has 30 heteroatoms. The summed E-state index contributed by atoms with van der Waals surface area (Å²) in [4.78, 5) is 13.5. The summed E-state index contributed by atoms with van der Waals surface area (Å²) in [6, 6.07) is 0. The van der Waals surface area contributed by atoms with Crippen molar-refractivity contribution in [3.05, 3.63) is 24.8 Å². The first-order chi connectivity index (χ1) is 24.2. The van der Waals surface area contributed by atoms with Gasteiger partial charge in [0.05, 0.1) is 18.6 Å². The van der Waals surface area contributed by atoms with Gasteiger partial charge >= 0.3 is 35.7 Å². The maximum atomic E-state index is 12.4. The Morgan fingerprint density at radius 1 is 0.774 bits per heavy atom. The van der Waals surface area contributed by atoms with Gasteiger partial charge in [0.15, 0.2) is 0 Å². The van der Waals surface area contributed by atoms with E-state index in [2.05, 4.69) is 69.4 Å². The maximum absolute atomic E-state index is 12.4. The number of aryl methyl sites for hydroxylation is 2. The van der Waals surface area contributed by atoms with Crippen LogP contribution in [0, 0.1) is 0 Å². The summed E-state index contributed by atoms with van der Waals surface area (Å²) in [6.45, 7) is 8.69. The molecule has 0 aliphatic carbocycles. The molecule has 2 saturated heterocycles. The van der Waals surface area contributed by atoms with Gasteiger partial charge in [0.1, 0.15) is 5.60 Å². The first-order valence-electron chi connectivity index (χ1n) is 14.9. The molecule has 24 nitrogen and oxygen atoms in total. The zero-order valence-electron chi connectivity index (χ0n) is 29.6. The number of hydrogen-bond donors (Lipinski definition) is 3.